The molecule has 0 atom stereocenters. The minimum atomic E-state index is 0.0281. The van der Waals surface area contributed by atoms with Crippen molar-refractivity contribution in [2.24, 2.45) is 16.5 Å². The Kier molecular flexibility index (Phi) is 4.24. The molecule has 0 radical (unpaired) electrons. The summed E-state index contributed by atoms with van der Waals surface area (Å²) >= 11 is 2.11. The third-order valence-electron chi connectivity index (χ3n) is 2.44. The third-order valence-corrected chi connectivity index (χ3v) is 3.26. The molecule has 0 aromatic heterocycles. The maximum absolute atomic E-state index is 9.94. The molecule has 0 heterocycles. The van der Waals surface area contributed by atoms with Crippen LogP contribution in [0.3, 0.4) is 0 Å². The van der Waals surface area contributed by atoms with Crippen LogP contribution in [0, 0.1) is 3.57 Å². The molecule has 0 spiro atoms. The molecule has 17 heavy (non-hydrogen) atoms. The minimum Gasteiger partial charge on any atom is -0.506 e. The Hall–Kier alpha value is -0.980. The van der Waals surface area contributed by atoms with Gasteiger partial charge in [0.2, 0.25) is 0 Å². The van der Waals surface area contributed by atoms with Gasteiger partial charge < -0.3 is 16.6 Å². The number of nitrogens with two attached hydrogens (primary N) is 2. The Morgan fingerprint density at radius 2 is 1.94 bits per heavy atom. The monoisotopic (exact) mass is 347 g/mol. The predicted molar refractivity (Wildman–Crippen MR) is 79.0 cm³/mol. The lowest BCUT2D eigenvalue weighted by Gasteiger charge is -2.21. The van der Waals surface area contributed by atoms with Crippen molar-refractivity contribution in [3.8, 4) is 5.75 Å². The van der Waals surface area contributed by atoms with Gasteiger partial charge in [-0.25, -0.2) is 4.99 Å². The van der Waals surface area contributed by atoms with E-state index in [0.717, 1.165) is 14.7 Å². The Labute approximate surface area is 115 Å². The fourth-order valence-corrected chi connectivity index (χ4v) is 2.07. The Morgan fingerprint density at radius 3 is 2.41 bits per heavy atom. The van der Waals surface area contributed by atoms with Crippen molar-refractivity contribution in [2.75, 3.05) is 0 Å². The molecule has 0 saturated carbocycles. The average molecular weight is 347 g/mol. The summed E-state index contributed by atoms with van der Waals surface area (Å²) in [7, 11) is 0. The fourth-order valence-electron chi connectivity index (χ4n) is 1.39. The molecule has 5 heteroatoms. The van der Waals surface area contributed by atoms with E-state index in [2.05, 4.69) is 48.4 Å². The zero-order valence-electron chi connectivity index (χ0n) is 10.3. The molecule has 1 aromatic rings. The van der Waals surface area contributed by atoms with Gasteiger partial charge in [0, 0.05) is 5.56 Å². The third kappa shape index (κ3) is 3.76. The van der Waals surface area contributed by atoms with Crippen LogP contribution in [0.15, 0.2) is 17.1 Å². The molecule has 4 nitrogen and oxygen atoms in total. The molecule has 0 aliphatic heterocycles. The van der Waals surface area contributed by atoms with E-state index >= 15 is 0 Å². The first-order valence-electron chi connectivity index (χ1n) is 5.29. The van der Waals surface area contributed by atoms with Gasteiger partial charge in [0.15, 0.2) is 5.96 Å². The number of aromatic hydroxyl groups is 1. The van der Waals surface area contributed by atoms with E-state index in [-0.39, 0.29) is 17.1 Å². The normalized spacial score (nSPS) is 11.3. The van der Waals surface area contributed by atoms with E-state index in [1.807, 2.05) is 12.1 Å². The second-order valence-electron chi connectivity index (χ2n) is 4.96. The number of phenolic OH excluding ortho intramolecular Hbond substituents is 1. The number of halogens is 1. The van der Waals surface area contributed by atoms with E-state index < -0.39 is 0 Å². The minimum absolute atomic E-state index is 0.0281. The van der Waals surface area contributed by atoms with Crippen molar-refractivity contribution < 1.29 is 5.11 Å². The zero-order valence-corrected chi connectivity index (χ0v) is 12.4. The van der Waals surface area contributed by atoms with Crippen molar-refractivity contribution in [1.82, 2.24) is 0 Å². The summed E-state index contributed by atoms with van der Waals surface area (Å²) in [5, 5.41) is 9.94. The lowest BCUT2D eigenvalue weighted by molar-refractivity contribution is 0.463. The van der Waals surface area contributed by atoms with Gasteiger partial charge in [-0.05, 0) is 45.7 Å². The summed E-state index contributed by atoms with van der Waals surface area (Å²) < 4.78 is 0.816. The van der Waals surface area contributed by atoms with Gasteiger partial charge in [0.25, 0.3) is 0 Å². The highest BCUT2D eigenvalue weighted by Gasteiger charge is 2.17. The number of benzene rings is 1. The number of rotatable bonds is 2. The molecule has 1 aromatic carbocycles. The zero-order chi connectivity index (χ0) is 13.2. The van der Waals surface area contributed by atoms with Gasteiger partial charge in [-0.15, -0.1) is 0 Å². The molecule has 0 saturated heterocycles. The summed E-state index contributed by atoms with van der Waals surface area (Å²) in [6, 6.07) is 3.93. The summed E-state index contributed by atoms with van der Waals surface area (Å²) in [4.78, 5) is 3.93. The van der Waals surface area contributed by atoms with Gasteiger partial charge >= 0.3 is 0 Å². The van der Waals surface area contributed by atoms with Gasteiger partial charge in [-0.3, -0.25) is 0 Å². The molecule has 0 amide bonds. The number of aliphatic imine (C=N–C) groups is 1. The molecule has 0 bridgehead atoms. The van der Waals surface area contributed by atoms with Crippen molar-refractivity contribution in [3.63, 3.8) is 0 Å². The Balaban J connectivity index is 3.21. The molecule has 1 rings (SSSR count). The smallest absolute Gasteiger partial charge is 0.186 e. The van der Waals surface area contributed by atoms with Crippen LogP contribution in [0.25, 0.3) is 0 Å². The van der Waals surface area contributed by atoms with E-state index in [0.29, 0.717) is 6.54 Å². The van der Waals surface area contributed by atoms with E-state index in [4.69, 9.17) is 11.5 Å². The lowest BCUT2D eigenvalue weighted by atomic mass is 9.86. The van der Waals surface area contributed by atoms with Crippen molar-refractivity contribution in [3.05, 3.63) is 26.8 Å². The number of nitrogens with zero attached hydrogens (tertiary/aromatic N) is 1. The van der Waals surface area contributed by atoms with Gasteiger partial charge in [-0.2, -0.15) is 0 Å². The molecular formula is C12H18IN3O. The number of guanidine groups is 1. The molecule has 0 aliphatic carbocycles. The van der Waals surface area contributed by atoms with Crippen LogP contribution in [-0.2, 0) is 12.0 Å². The summed E-state index contributed by atoms with van der Waals surface area (Å²) in [5.74, 6) is 0.282. The average Bonchev–Trinajstić information content (AvgIpc) is 2.18. The summed E-state index contributed by atoms with van der Waals surface area (Å²) in [6.45, 7) is 6.67. The summed E-state index contributed by atoms with van der Waals surface area (Å²) in [6.07, 6.45) is 0. The topological polar surface area (TPSA) is 84.6 Å². The molecule has 0 fully saturated rings. The van der Waals surface area contributed by atoms with Gasteiger partial charge in [0.1, 0.15) is 5.75 Å². The van der Waals surface area contributed by atoms with Crippen LogP contribution in [0.5, 0.6) is 5.75 Å². The molecule has 94 valence electrons. The standard InChI is InChI=1S/C12H18IN3O/c1-12(2,3)8-4-7(6-16-11(14)15)10(17)9(13)5-8/h4-5,17H,6H2,1-3H3,(H4,14,15,16). The molecule has 0 aliphatic rings. The van der Waals surface area contributed by atoms with Crippen LogP contribution in [0.1, 0.15) is 31.9 Å². The first-order valence-corrected chi connectivity index (χ1v) is 6.37. The highest BCUT2D eigenvalue weighted by Crippen LogP contribution is 2.32. The second kappa shape index (κ2) is 5.12. The van der Waals surface area contributed by atoms with Gasteiger partial charge in [0.05, 0.1) is 10.1 Å². The number of phenols is 1. The quantitative estimate of drug-likeness (QED) is 0.435. The largest absolute Gasteiger partial charge is 0.506 e. The van der Waals surface area contributed by atoms with Crippen LogP contribution < -0.4 is 11.5 Å². The maximum Gasteiger partial charge on any atom is 0.186 e. The van der Waals surface area contributed by atoms with Crippen molar-refractivity contribution in [2.45, 2.75) is 32.7 Å². The highest BCUT2D eigenvalue weighted by molar-refractivity contribution is 14.1. The maximum atomic E-state index is 9.94. The van der Waals surface area contributed by atoms with Crippen LogP contribution in [0.4, 0.5) is 0 Å². The Morgan fingerprint density at radius 1 is 1.35 bits per heavy atom. The first-order chi connectivity index (χ1) is 7.71. The van der Waals surface area contributed by atoms with Crippen molar-refractivity contribution >= 4 is 28.6 Å². The highest BCUT2D eigenvalue weighted by atomic mass is 127. The molecule has 0 unspecified atom stereocenters. The number of hydrogen-bond donors (Lipinski definition) is 3. The first kappa shape index (κ1) is 14.1. The van der Waals surface area contributed by atoms with E-state index in [9.17, 15) is 5.11 Å². The van der Waals surface area contributed by atoms with Crippen molar-refractivity contribution in [1.29, 1.82) is 0 Å². The van der Waals surface area contributed by atoms with E-state index in [1.54, 1.807) is 0 Å². The molecule has 5 N–H and O–H groups in total. The second-order valence-corrected chi connectivity index (χ2v) is 6.12. The number of hydrogen-bond acceptors (Lipinski definition) is 2. The van der Waals surface area contributed by atoms with E-state index in [1.165, 1.54) is 0 Å². The SMILES string of the molecule is CC(C)(C)c1cc(I)c(O)c(CN=C(N)N)c1. The van der Waals surface area contributed by atoms with Crippen LogP contribution in [-0.4, -0.2) is 11.1 Å². The van der Waals surface area contributed by atoms with Crippen LogP contribution >= 0.6 is 22.6 Å². The lowest BCUT2D eigenvalue weighted by Crippen LogP contribution is -2.22. The summed E-state index contributed by atoms with van der Waals surface area (Å²) in [5.41, 5.74) is 12.5. The van der Waals surface area contributed by atoms with Gasteiger partial charge in [-0.1, -0.05) is 20.8 Å². The van der Waals surface area contributed by atoms with Crippen LogP contribution in [0.2, 0.25) is 0 Å². The predicted octanol–water partition coefficient (Wildman–Crippen LogP) is 2.07. The Bertz CT molecular complexity index is 446. The molecular weight excluding hydrogens is 329 g/mol. The fraction of sp³-hybridized carbons (Fsp3) is 0.417.